The summed E-state index contributed by atoms with van der Waals surface area (Å²) in [4.78, 5) is 22.7. The van der Waals surface area contributed by atoms with Gasteiger partial charge in [-0.05, 0) is 17.7 Å². The van der Waals surface area contributed by atoms with Crippen LogP contribution in [-0.2, 0) is 20.7 Å². The normalized spacial score (nSPS) is 11.1. The van der Waals surface area contributed by atoms with Gasteiger partial charge >= 0.3 is 5.97 Å². The Bertz CT molecular complexity index is 420. The molecule has 0 saturated heterocycles. The summed E-state index contributed by atoms with van der Waals surface area (Å²) < 4.78 is 4.57. The van der Waals surface area contributed by atoms with Gasteiger partial charge in [-0.15, -0.1) is 12.4 Å². The highest BCUT2D eigenvalue weighted by atomic mass is 35.5. The second-order valence-electron chi connectivity index (χ2n) is 4.08. The number of rotatable bonds is 5. The van der Waals surface area contributed by atoms with E-state index in [2.05, 4.69) is 10.1 Å². The summed E-state index contributed by atoms with van der Waals surface area (Å²) in [5.74, 6) is -0.624. The van der Waals surface area contributed by atoms with Gasteiger partial charge in [-0.25, -0.2) is 0 Å². The summed E-state index contributed by atoms with van der Waals surface area (Å²) in [7, 11) is 1.35. The van der Waals surface area contributed by atoms with E-state index in [9.17, 15) is 9.59 Å². The maximum atomic E-state index is 11.6. The average Bonchev–Trinajstić information content (AvgIpc) is 2.39. The predicted octanol–water partition coefficient (Wildman–Crippen LogP) is 1.36. The van der Waals surface area contributed by atoms with Crippen LogP contribution in [0.15, 0.2) is 24.3 Å². The van der Waals surface area contributed by atoms with Gasteiger partial charge in [0.15, 0.2) is 0 Å². The highest BCUT2D eigenvalue weighted by Gasteiger charge is 2.10. The van der Waals surface area contributed by atoms with Crippen LogP contribution in [0.1, 0.15) is 12.5 Å². The number of amides is 1. The van der Waals surface area contributed by atoms with Crippen LogP contribution in [0.3, 0.4) is 0 Å². The predicted molar refractivity (Wildman–Crippen MR) is 76.3 cm³/mol. The van der Waals surface area contributed by atoms with E-state index in [0.29, 0.717) is 12.2 Å². The third-order valence-electron chi connectivity index (χ3n) is 2.60. The number of benzene rings is 1. The molecule has 106 valence electrons. The largest absolute Gasteiger partial charge is 0.469 e. The number of carbonyl (C=O) groups is 2. The number of hydrogen-bond acceptors (Lipinski definition) is 4. The molecule has 0 aliphatic carbocycles. The fraction of sp³-hybridized carbons (Fsp3) is 0.385. The molecule has 1 atom stereocenters. The molecule has 0 radical (unpaired) electrons. The van der Waals surface area contributed by atoms with Crippen LogP contribution in [0.4, 0.5) is 5.69 Å². The van der Waals surface area contributed by atoms with E-state index in [1.165, 1.54) is 7.11 Å². The monoisotopic (exact) mass is 286 g/mol. The number of halogens is 1. The standard InChI is InChI=1S/C13H18N2O3.ClH/c1-9(8-14)13(17)15-11-5-3-10(4-6-11)7-12(16)18-2;/h3-6,9H,7-8,14H2,1-2H3,(H,15,17);1H. The van der Waals surface area contributed by atoms with Crippen LogP contribution >= 0.6 is 12.4 Å². The fourth-order valence-electron chi connectivity index (χ4n) is 1.32. The molecule has 0 bridgehead atoms. The van der Waals surface area contributed by atoms with Crippen molar-refractivity contribution < 1.29 is 14.3 Å². The second kappa shape index (κ2) is 8.50. The van der Waals surface area contributed by atoms with Crippen molar-refractivity contribution in [1.29, 1.82) is 0 Å². The highest BCUT2D eigenvalue weighted by molar-refractivity contribution is 5.92. The number of ether oxygens (including phenoxy) is 1. The van der Waals surface area contributed by atoms with Gasteiger partial charge in [0.05, 0.1) is 13.5 Å². The van der Waals surface area contributed by atoms with Crippen LogP contribution in [0.25, 0.3) is 0 Å². The molecule has 0 fully saturated rings. The van der Waals surface area contributed by atoms with Crippen LogP contribution in [0.5, 0.6) is 0 Å². The molecule has 1 unspecified atom stereocenters. The first-order valence-corrected chi connectivity index (χ1v) is 5.73. The zero-order chi connectivity index (χ0) is 13.5. The van der Waals surface area contributed by atoms with E-state index < -0.39 is 0 Å². The Labute approximate surface area is 118 Å². The van der Waals surface area contributed by atoms with E-state index in [4.69, 9.17) is 5.73 Å². The minimum atomic E-state index is -0.288. The Kier molecular flexibility index (Phi) is 7.79. The molecular formula is C13H19ClN2O3. The van der Waals surface area contributed by atoms with Gasteiger partial charge in [0.1, 0.15) is 0 Å². The summed E-state index contributed by atoms with van der Waals surface area (Å²) in [6, 6.07) is 7.05. The molecule has 1 aromatic rings. The third kappa shape index (κ3) is 5.72. The van der Waals surface area contributed by atoms with Crippen molar-refractivity contribution in [1.82, 2.24) is 0 Å². The second-order valence-corrected chi connectivity index (χ2v) is 4.08. The van der Waals surface area contributed by atoms with Crippen molar-refractivity contribution in [3.05, 3.63) is 29.8 Å². The van der Waals surface area contributed by atoms with Crippen LogP contribution in [-0.4, -0.2) is 25.5 Å². The molecule has 1 aromatic carbocycles. The molecule has 1 amide bonds. The quantitative estimate of drug-likeness (QED) is 0.801. The fourth-order valence-corrected chi connectivity index (χ4v) is 1.32. The molecule has 0 aliphatic heterocycles. The zero-order valence-electron chi connectivity index (χ0n) is 11.0. The van der Waals surface area contributed by atoms with E-state index in [0.717, 1.165) is 5.56 Å². The minimum absolute atomic E-state index is 0. The third-order valence-corrected chi connectivity index (χ3v) is 2.60. The summed E-state index contributed by atoms with van der Waals surface area (Å²) >= 11 is 0. The van der Waals surface area contributed by atoms with Crippen molar-refractivity contribution >= 4 is 30.0 Å². The van der Waals surface area contributed by atoms with E-state index >= 15 is 0 Å². The topological polar surface area (TPSA) is 81.4 Å². The van der Waals surface area contributed by atoms with Crippen LogP contribution < -0.4 is 11.1 Å². The van der Waals surface area contributed by atoms with Gasteiger partial charge in [0, 0.05) is 18.2 Å². The molecule has 0 spiro atoms. The Balaban J connectivity index is 0.00000324. The summed E-state index contributed by atoms with van der Waals surface area (Å²) in [6.45, 7) is 2.08. The van der Waals surface area contributed by atoms with Crippen molar-refractivity contribution in [3.63, 3.8) is 0 Å². The van der Waals surface area contributed by atoms with Crippen molar-refractivity contribution in [3.8, 4) is 0 Å². The lowest BCUT2D eigenvalue weighted by molar-refractivity contribution is -0.139. The molecule has 5 nitrogen and oxygen atoms in total. The summed E-state index contributed by atoms with van der Waals surface area (Å²) in [5, 5.41) is 2.75. The number of anilines is 1. The number of nitrogens with one attached hydrogen (secondary N) is 1. The van der Waals surface area contributed by atoms with Gasteiger partial charge in [0.2, 0.25) is 5.91 Å². The minimum Gasteiger partial charge on any atom is -0.469 e. The van der Waals surface area contributed by atoms with Gasteiger partial charge in [-0.1, -0.05) is 19.1 Å². The molecule has 3 N–H and O–H groups in total. The molecule has 19 heavy (non-hydrogen) atoms. The van der Waals surface area contributed by atoms with E-state index in [1.807, 2.05) is 0 Å². The van der Waals surface area contributed by atoms with Crippen molar-refractivity contribution in [2.45, 2.75) is 13.3 Å². The molecule has 1 rings (SSSR count). The van der Waals surface area contributed by atoms with Crippen molar-refractivity contribution in [2.24, 2.45) is 11.7 Å². The Morgan fingerprint density at radius 1 is 1.32 bits per heavy atom. The molecule has 0 aliphatic rings. The average molecular weight is 287 g/mol. The number of esters is 1. The SMILES string of the molecule is COC(=O)Cc1ccc(NC(=O)C(C)CN)cc1.Cl. The van der Waals surface area contributed by atoms with Gasteiger partial charge in [0.25, 0.3) is 0 Å². The lowest BCUT2D eigenvalue weighted by atomic mass is 10.1. The number of methoxy groups -OCH3 is 1. The van der Waals surface area contributed by atoms with E-state index in [-0.39, 0.29) is 36.6 Å². The molecule has 0 aromatic heterocycles. The molecule has 0 heterocycles. The summed E-state index contributed by atoms with van der Waals surface area (Å²) in [6.07, 6.45) is 0.226. The maximum Gasteiger partial charge on any atom is 0.309 e. The number of hydrogen-bond donors (Lipinski definition) is 2. The molecule has 6 heteroatoms. The first-order chi connectivity index (χ1) is 8.56. The lowest BCUT2D eigenvalue weighted by Gasteiger charge is -2.10. The first kappa shape index (κ1) is 17.4. The Morgan fingerprint density at radius 3 is 2.37 bits per heavy atom. The molecular weight excluding hydrogens is 268 g/mol. The van der Waals surface area contributed by atoms with Gasteiger partial charge in [-0.2, -0.15) is 0 Å². The highest BCUT2D eigenvalue weighted by Crippen LogP contribution is 2.11. The van der Waals surface area contributed by atoms with Crippen LogP contribution in [0, 0.1) is 5.92 Å². The van der Waals surface area contributed by atoms with Crippen molar-refractivity contribution in [2.75, 3.05) is 19.0 Å². The number of nitrogens with two attached hydrogens (primary N) is 1. The maximum absolute atomic E-state index is 11.6. The Morgan fingerprint density at radius 2 is 1.89 bits per heavy atom. The van der Waals surface area contributed by atoms with E-state index in [1.54, 1.807) is 31.2 Å². The van der Waals surface area contributed by atoms with Crippen LogP contribution in [0.2, 0.25) is 0 Å². The lowest BCUT2D eigenvalue weighted by Crippen LogP contribution is -2.26. The molecule has 0 saturated carbocycles. The smallest absolute Gasteiger partial charge is 0.309 e. The summed E-state index contributed by atoms with van der Waals surface area (Å²) in [5.41, 5.74) is 6.94. The number of carbonyl (C=O) groups excluding carboxylic acids is 2. The van der Waals surface area contributed by atoms with Gasteiger partial charge < -0.3 is 15.8 Å². The Hall–Kier alpha value is -1.59. The van der Waals surface area contributed by atoms with Gasteiger partial charge in [-0.3, -0.25) is 9.59 Å². The first-order valence-electron chi connectivity index (χ1n) is 5.73. The zero-order valence-corrected chi connectivity index (χ0v) is 11.8.